The van der Waals surface area contributed by atoms with Crippen LogP contribution >= 0.6 is 0 Å². The number of nitrogens with one attached hydrogen (secondary N) is 3. The van der Waals surface area contributed by atoms with Crippen molar-refractivity contribution in [3.8, 4) is 11.1 Å². The third-order valence-corrected chi connectivity index (χ3v) is 6.03. The Morgan fingerprint density at radius 2 is 1.94 bits per heavy atom. The maximum atomic E-state index is 14.9. The molecule has 0 radical (unpaired) electrons. The number of fused-ring (bicyclic) bond motifs is 2. The molecule has 0 aliphatic carbocycles. The number of H-pyrrole nitrogens is 1. The quantitative estimate of drug-likeness (QED) is 0.409. The van der Waals surface area contributed by atoms with Crippen LogP contribution in [0.15, 0.2) is 64.4 Å². The Morgan fingerprint density at radius 1 is 1.09 bits per heavy atom. The van der Waals surface area contributed by atoms with Crippen LogP contribution in [0.25, 0.3) is 21.9 Å². The van der Waals surface area contributed by atoms with Gasteiger partial charge in [-0.3, -0.25) is 10.1 Å². The van der Waals surface area contributed by atoms with Gasteiger partial charge in [0.25, 0.3) is 5.56 Å². The number of benzene rings is 3. The number of hydrogen-bond acceptors (Lipinski definition) is 4. The number of amidine groups is 1. The summed E-state index contributed by atoms with van der Waals surface area (Å²) in [4.78, 5) is 28.5. The van der Waals surface area contributed by atoms with E-state index < -0.39 is 0 Å². The average Bonchev–Trinajstić information content (AvgIpc) is 3.23. The number of aryl methyl sites for hydroxylation is 1. The zero-order valence-electron chi connectivity index (χ0n) is 19.4. The van der Waals surface area contributed by atoms with E-state index in [0.29, 0.717) is 47.4 Å². The third kappa shape index (κ3) is 4.55. The average molecular weight is 470 g/mol. The van der Waals surface area contributed by atoms with E-state index in [2.05, 4.69) is 25.8 Å². The Labute approximate surface area is 201 Å². The molecule has 0 saturated heterocycles. The molecule has 176 valence electrons. The number of amides is 2. The maximum absolute atomic E-state index is 14.9. The number of aromatic amines is 1. The van der Waals surface area contributed by atoms with Crippen molar-refractivity contribution in [2.45, 2.75) is 26.7 Å². The highest BCUT2D eigenvalue weighted by atomic mass is 19.1. The molecule has 1 aliphatic heterocycles. The zero-order chi connectivity index (χ0) is 24.5. The number of aliphatic imine (C=N–C) groups is 1. The number of carbonyl (C=O) groups is 1. The van der Waals surface area contributed by atoms with Gasteiger partial charge in [0.1, 0.15) is 11.7 Å². The highest BCUT2D eigenvalue weighted by Crippen LogP contribution is 2.33. The Balaban J connectivity index is 1.46. The van der Waals surface area contributed by atoms with E-state index in [4.69, 9.17) is 0 Å². The summed E-state index contributed by atoms with van der Waals surface area (Å²) >= 11 is 0. The molecule has 0 fully saturated rings. The predicted octanol–water partition coefficient (Wildman–Crippen LogP) is 4.53. The molecule has 0 unspecified atom stereocenters. The van der Waals surface area contributed by atoms with Gasteiger partial charge in [-0.05, 0) is 60.9 Å². The van der Waals surface area contributed by atoms with E-state index in [1.54, 1.807) is 18.2 Å². The van der Waals surface area contributed by atoms with Crippen molar-refractivity contribution in [2.24, 2.45) is 4.99 Å². The molecule has 4 aromatic rings. The van der Waals surface area contributed by atoms with Crippen molar-refractivity contribution in [1.29, 1.82) is 0 Å². The summed E-state index contributed by atoms with van der Waals surface area (Å²) in [5, 5.41) is 13.6. The largest absolute Gasteiger partial charge is 0.338 e. The number of halogens is 1. The standard InChI is InChI=1S/C27H24FN5O2/c1-3-29-27(35)31-25-14-18-7-6-17(13-23(18)30-25)20-11-16(5-9-22(20)28)12-24-21-10-15(2)4-8-19(21)26(34)33-32-24/h4-11,13H,3,12,14H2,1-2H3,(H,33,34)(H2,29,30,31,35). The minimum absolute atomic E-state index is 0.233. The van der Waals surface area contributed by atoms with Crippen molar-refractivity contribution >= 4 is 28.3 Å². The molecule has 5 rings (SSSR count). The minimum atomic E-state index is -0.341. The highest BCUT2D eigenvalue weighted by Gasteiger charge is 2.18. The van der Waals surface area contributed by atoms with Gasteiger partial charge in [-0.15, -0.1) is 0 Å². The number of urea groups is 1. The van der Waals surface area contributed by atoms with Crippen LogP contribution in [-0.2, 0) is 12.8 Å². The lowest BCUT2D eigenvalue weighted by atomic mass is 9.97. The number of nitrogens with zero attached hydrogens (tertiary/aromatic N) is 2. The SMILES string of the molecule is CCNC(=O)NC1=Nc2cc(-c3cc(Cc4n[nH]c(=O)c5ccc(C)cc45)ccc3F)ccc2C1. The fourth-order valence-electron chi connectivity index (χ4n) is 4.32. The molecule has 3 N–H and O–H groups in total. The fraction of sp³-hybridized carbons (Fsp3) is 0.185. The second-order valence-corrected chi connectivity index (χ2v) is 8.60. The molecule has 8 heteroatoms. The maximum Gasteiger partial charge on any atom is 0.320 e. The molecule has 0 saturated carbocycles. The Morgan fingerprint density at radius 3 is 2.77 bits per heavy atom. The second-order valence-electron chi connectivity index (χ2n) is 8.60. The number of carbonyl (C=O) groups excluding carboxylic acids is 1. The Hall–Kier alpha value is -4.33. The summed E-state index contributed by atoms with van der Waals surface area (Å²) in [6.45, 7) is 4.33. The highest BCUT2D eigenvalue weighted by molar-refractivity contribution is 6.02. The molecule has 0 atom stereocenters. The lowest BCUT2D eigenvalue weighted by Crippen LogP contribution is -2.39. The van der Waals surface area contributed by atoms with E-state index in [1.165, 1.54) is 6.07 Å². The molecular formula is C27H24FN5O2. The first-order valence-corrected chi connectivity index (χ1v) is 11.4. The Bertz CT molecular complexity index is 1560. The number of rotatable bonds is 4. The van der Waals surface area contributed by atoms with E-state index >= 15 is 0 Å². The van der Waals surface area contributed by atoms with Crippen molar-refractivity contribution < 1.29 is 9.18 Å². The van der Waals surface area contributed by atoms with Gasteiger partial charge in [-0.2, -0.15) is 5.10 Å². The summed E-state index contributed by atoms with van der Waals surface area (Å²) in [6, 6.07) is 15.9. The van der Waals surface area contributed by atoms with Crippen LogP contribution in [-0.4, -0.2) is 28.6 Å². The number of hydrogen-bond donors (Lipinski definition) is 3. The van der Waals surface area contributed by atoms with E-state index in [1.807, 2.05) is 44.2 Å². The van der Waals surface area contributed by atoms with Gasteiger partial charge >= 0.3 is 6.03 Å². The van der Waals surface area contributed by atoms with Gasteiger partial charge in [0.05, 0.1) is 16.8 Å². The van der Waals surface area contributed by atoms with Crippen LogP contribution in [0.1, 0.15) is 29.3 Å². The van der Waals surface area contributed by atoms with Crippen molar-refractivity contribution in [1.82, 2.24) is 20.8 Å². The third-order valence-electron chi connectivity index (χ3n) is 6.03. The van der Waals surface area contributed by atoms with Gasteiger partial charge in [-0.25, -0.2) is 19.3 Å². The van der Waals surface area contributed by atoms with Gasteiger partial charge in [0.15, 0.2) is 0 Å². The molecule has 1 aliphatic rings. The van der Waals surface area contributed by atoms with E-state index in [0.717, 1.165) is 27.8 Å². The fourth-order valence-corrected chi connectivity index (χ4v) is 4.32. The number of aromatic nitrogens is 2. The Kier molecular flexibility index (Phi) is 5.86. The van der Waals surface area contributed by atoms with E-state index in [9.17, 15) is 14.0 Å². The second kappa shape index (κ2) is 9.13. The topological polar surface area (TPSA) is 99.2 Å². The molecule has 3 aromatic carbocycles. The van der Waals surface area contributed by atoms with Gasteiger partial charge in [0.2, 0.25) is 0 Å². The summed E-state index contributed by atoms with van der Waals surface area (Å²) in [5.74, 6) is 0.218. The predicted molar refractivity (Wildman–Crippen MR) is 135 cm³/mol. The van der Waals surface area contributed by atoms with Crippen molar-refractivity contribution in [3.63, 3.8) is 0 Å². The first-order chi connectivity index (χ1) is 16.9. The lowest BCUT2D eigenvalue weighted by molar-refractivity contribution is 0.245. The van der Waals surface area contributed by atoms with Crippen molar-refractivity contribution in [2.75, 3.05) is 6.54 Å². The van der Waals surface area contributed by atoms with Crippen LogP contribution in [0.2, 0.25) is 0 Å². The summed E-state index contributed by atoms with van der Waals surface area (Å²) < 4.78 is 14.9. The molecule has 2 heterocycles. The van der Waals surface area contributed by atoms with Gasteiger partial charge in [0, 0.05) is 30.3 Å². The van der Waals surface area contributed by atoms with Crippen LogP contribution in [0.5, 0.6) is 0 Å². The summed E-state index contributed by atoms with van der Waals surface area (Å²) in [7, 11) is 0. The van der Waals surface area contributed by atoms with Crippen LogP contribution in [0.3, 0.4) is 0 Å². The van der Waals surface area contributed by atoms with Crippen LogP contribution < -0.4 is 16.2 Å². The molecule has 35 heavy (non-hydrogen) atoms. The zero-order valence-corrected chi connectivity index (χ0v) is 19.4. The molecule has 7 nitrogen and oxygen atoms in total. The first-order valence-electron chi connectivity index (χ1n) is 11.4. The van der Waals surface area contributed by atoms with Gasteiger partial charge in [-0.1, -0.05) is 29.8 Å². The monoisotopic (exact) mass is 469 g/mol. The van der Waals surface area contributed by atoms with E-state index in [-0.39, 0.29) is 17.4 Å². The van der Waals surface area contributed by atoms with Gasteiger partial charge < -0.3 is 5.32 Å². The normalized spacial score (nSPS) is 12.4. The van der Waals surface area contributed by atoms with Crippen LogP contribution in [0, 0.1) is 12.7 Å². The molecule has 1 aromatic heterocycles. The van der Waals surface area contributed by atoms with Crippen LogP contribution in [0.4, 0.5) is 14.9 Å². The molecule has 0 bridgehead atoms. The molecule has 0 spiro atoms. The summed E-state index contributed by atoms with van der Waals surface area (Å²) in [6.07, 6.45) is 0.952. The lowest BCUT2D eigenvalue weighted by Gasteiger charge is -2.10. The molecular weight excluding hydrogens is 445 g/mol. The smallest absolute Gasteiger partial charge is 0.320 e. The minimum Gasteiger partial charge on any atom is -0.338 e. The molecule has 2 amide bonds. The summed E-state index contributed by atoms with van der Waals surface area (Å²) in [5.41, 5.74) is 5.22. The first kappa shape index (κ1) is 22.5. The van der Waals surface area contributed by atoms with Crippen molar-refractivity contribution in [3.05, 3.63) is 93.2 Å².